The number of aliphatic carboxylic acids is 1. The van der Waals surface area contributed by atoms with Crippen molar-refractivity contribution >= 4 is 5.97 Å². The van der Waals surface area contributed by atoms with Crippen LogP contribution >= 0.6 is 0 Å². The standard InChI is InChI=1S/C6H8N2O2/c1-4(6(9)10)5-7-2-3-8-5/h2-4H,1H3,(H,7,8)(H,9,10)/p-1. The van der Waals surface area contributed by atoms with Crippen LogP contribution in [0.3, 0.4) is 0 Å². The fraction of sp³-hybridized carbons (Fsp3) is 0.333. The molecule has 1 unspecified atom stereocenters. The van der Waals surface area contributed by atoms with E-state index in [0.717, 1.165) is 0 Å². The minimum Gasteiger partial charge on any atom is -0.549 e. The number of carboxylic acid groups (broad SMARTS) is 1. The van der Waals surface area contributed by atoms with Crippen LogP contribution in [0, 0.1) is 0 Å². The summed E-state index contributed by atoms with van der Waals surface area (Å²) in [4.78, 5) is 16.7. The summed E-state index contributed by atoms with van der Waals surface area (Å²) in [6, 6.07) is 0. The van der Waals surface area contributed by atoms with Crippen LogP contribution in [0.4, 0.5) is 0 Å². The van der Waals surface area contributed by atoms with Crippen molar-refractivity contribution in [3.8, 4) is 0 Å². The highest BCUT2D eigenvalue weighted by Gasteiger charge is 2.06. The summed E-state index contributed by atoms with van der Waals surface area (Å²) in [7, 11) is 0. The van der Waals surface area contributed by atoms with Crippen molar-refractivity contribution in [2.24, 2.45) is 0 Å². The Morgan fingerprint density at radius 1 is 1.90 bits per heavy atom. The molecule has 1 aromatic heterocycles. The van der Waals surface area contributed by atoms with E-state index >= 15 is 0 Å². The van der Waals surface area contributed by atoms with Crippen LogP contribution < -0.4 is 5.11 Å². The predicted octanol–water partition coefficient (Wildman–Crippen LogP) is -0.737. The van der Waals surface area contributed by atoms with Crippen molar-refractivity contribution in [3.63, 3.8) is 0 Å². The van der Waals surface area contributed by atoms with Gasteiger partial charge in [-0.05, 0) is 0 Å². The lowest BCUT2D eigenvalue weighted by molar-refractivity contribution is -0.307. The summed E-state index contributed by atoms with van der Waals surface area (Å²) < 4.78 is 0. The van der Waals surface area contributed by atoms with Gasteiger partial charge in [0.25, 0.3) is 0 Å². The Labute approximate surface area is 57.9 Å². The summed E-state index contributed by atoms with van der Waals surface area (Å²) in [5, 5.41) is 10.2. The zero-order valence-corrected chi connectivity index (χ0v) is 5.50. The third-order valence-corrected chi connectivity index (χ3v) is 1.28. The van der Waals surface area contributed by atoms with E-state index in [1.54, 1.807) is 6.20 Å². The second kappa shape index (κ2) is 2.51. The molecule has 0 saturated heterocycles. The van der Waals surface area contributed by atoms with Crippen LogP contribution in [-0.4, -0.2) is 15.9 Å². The van der Waals surface area contributed by atoms with Crippen LogP contribution in [0.1, 0.15) is 18.7 Å². The molecule has 0 radical (unpaired) electrons. The molecular weight excluding hydrogens is 132 g/mol. The second-order valence-electron chi connectivity index (χ2n) is 2.02. The van der Waals surface area contributed by atoms with E-state index in [4.69, 9.17) is 0 Å². The Morgan fingerprint density at radius 2 is 2.60 bits per heavy atom. The summed E-state index contributed by atoms with van der Waals surface area (Å²) >= 11 is 0. The summed E-state index contributed by atoms with van der Waals surface area (Å²) in [6.07, 6.45) is 3.09. The first-order chi connectivity index (χ1) is 4.72. The molecule has 0 aromatic carbocycles. The van der Waals surface area contributed by atoms with Crippen molar-refractivity contribution in [1.29, 1.82) is 0 Å². The van der Waals surface area contributed by atoms with E-state index in [2.05, 4.69) is 9.97 Å². The van der Waals surface area contributed by atoms with E-state index < -0.39 is 11.9 Å². The molecule has 1 N–H and O–H groups in total. The zero-order chi connectivity index (χ0) is 7.56. The number of aromatic amines is 1. The molecule has 0 saturated carbocycles. The maximum atomic E-state index is 10.2. The molecule has 0 aliphatic heterocycles. The van der Waals surface area contributed by atoms with Gasteiger partial charge in [-0.15, -0.1) is 0 Å². The van der Waals surface area contributed by atoms with Crippen LogP contribution in [-0.2, 0) is 4.79 Å². The van der Waals surface area contributed by atoms with Gasteiger partial charge in [0.2, 0.25) is 0 Å². The molecule has 4 nitrogen and oxygen atoms in total. The first-order valence-electron chi connectivity index (χ1n) is 2.92. The highest BCUT2D eigenvalue weighted by molar-refractivity contribution is 5.71. The molecule has 10 heavy (non-hydrogen) atoms. The summed E-state index contributed by atoms with van der Waals surface area (Å²) in [6.45, 7) is 1.52. The third-order valence-electron chi connectivity index (χ3n) is 1.28. The molecule has 1 atom stereocenters. The molecule has 0 aliphatic carbocycles. The van der Waals surface area contributed by atoms with Gasteiger partial charge in [-0.2, -0.15) is 0 Å². The number of rotatable bonds is 2. The van der Waals surface area contributed by atoms with E-state index in [-0.39, 0.29) is 0 Å². The van der Waals surface area contributed by atoms with Gasteiger partial charge >= 0.3 is 0 Å². The first-order valence-corrected chi connectivity index (χ1v) is 2.92. The van der Waals surface area contributed by atoms with Crippen molar-refractivity contribution in [1.82, 2.24) is 9.97 Å². The van der Waals surface area contributed by atoms with E-state index in [9.17, 15) is 9.90 Å². The number of imidazole rings is 1. The summed E-state index contributed by atoms with van der Waals surface area (Å²) in [5.41, 5.74) is 0. The average Bonchev–Trinajstić information content (AvgIpc) is 2.36. The van der Waals surface area contributed by atoms with Gasteiger partial charge in [0.05, 0.1) is 11.9 Å². The second-order valence-corrected chi connectivity index (χ2v) is 2.02. The Hall–Kier alpha value is -1.32. The van der Waals surface area contributed by atoms with Gasteiger partial charge < -0.3 is 14.9 Å². The Morgan fingerprint density at radius 3 is 3.00 bits per heavy atom. The van der Waals surface area contributed by atoms with Gasteiger partial charge in [-0.1, -0.05) is 6.92 Å². The molecule has 0 bridgehead atoms. The van der Waals surface area contributed by atoms with Crippen LogP contribution in [0.15, 0.2) is 12.4 Å². The molecule has 4 heteroatoms. The third kappa shape index (κ3) is 1.15. The minimum atomic E-state index is -1.12. The van der Waals surface area contributed by atoms with Crippen molar-refractivity contribution in [3.05, 3.63) is 18.2 Å². The van der Waals surface area contributed by atoms with Crippen LogP contribution in [0.5, 0.6) is 0 Å². The number of nitrogens with zero attached hydrogens (tertiary/aromatic N) is 1. The van der Waals surface area contributed by atoms with Crippen molar-refractivity contribution < 1.29 is 9.90 Å². The normalized spacial score (nSPS) is 12.9. The van der Waals surface area contributed by atoms with Gasteiger partial charge in [-0.3, -0.25) is 0 Å². The molecule has 0 spiro atoms. The number of aromatic nitrogens is 2. The highest BCUT2D eigenvalue weighted by Crippen LogP contribution is 2.06. The van der Waals surface area contributed by atoms with E-state index in [1.165, 1.54) is 13.1 Å². The van der Waals surface area contributed by atoms with Gasteiger partial charge in [-0.25, -0.2) is 4.98 Å². The lowest BCUT2D eigenvalue weighted by atomic mass is 10.2. The van der Waals surface area contributed by atoms with Crippen molar-refractivity contribution in [2.45, 2.75) is 12.8 Å². The van der Waals surface area contributed by atoms with Gasteiger partial charge in [0.1, 0.15) is 5.82 Å². The van der Waals surface area contributed by atoms with E-state index in [1.807, 2.05) is 0 Å². The lowest BCUT2D eigenvalue weighted by Gasteiger charge is -2.07. The van der Waals surface area contributed by atoms with Gasteiger partial charge in [0.15, 0.2) is 0 Å². The first kappa shape index (κ1) is 6.80. The zero-order valence-electron chi connectivity index (χ0n) is 5.50. The topological polar surface area (TPSA) is 68.8 Å². The molecule has 1 aromatic rings. The highest BCUT2D eigenvalue weighted by atomic mass is 16.4. The van der Waals surface area contributed by atoms with E-state index in [0.29, 0.717) is 5.82 Å². The molecule has 1 heterocycles. The number of carboxylic acids is 1. The monoisotopic (exact) mass is 139 g/mol. The number of carbonyl (C=O) groups is 1. The predicted molar refractivity (Wildman–Crippen MR) is 32.0 cm³/mol. The molecule has 54 valence electrons. The maximum Gasteiger partial charge on any atom is 0.114 e. The Kier molecular flexibility index (Phi) is 1.71. The SMILES string of the molecule is CC(C(=O)[O-])c1ncc[nH]1. The molecule has 0 aliphatic rings. The average molecular weight is 139 g/mol. The quantitative estimate of drug-likeness (QED) is 0.586. The largest absolute Gasteiger partial charge is 0.549 e. The van der Waals surface area contributed by atoms with Crippen LogP contribution in [0.25, 0.3) is 0 Å². The number of carbonyl (C=O) groups excluding carboxylic acids is 1. The molecule has 1 rings (SSSR count). The van der Waals surface area contributed by atoms with Crippen LogP contribution in [0.2, 0.25) is 0 Å². The lowest BCUT2D eigenvalue weighted by Crippen LogP contribution is -2.28. The van der Waals surface area contributed by atoms with Gasteiger partial charge in [0, 0.05) is 12.4 Å². The summed E-state index contributed by atoms with van der Waals surface area (Å²) in [5.74, 6) is -1.34. The molecular formula is C6H7N2O2-. The number of H-pyrrole nitrogens is 1. The fourth-order valence-electron chi connectivity index (χ4n) is 0.626. The maximum absolute atomic E-state index is 10.2. The Bertz CT molecular complexity index is 218. The number of hydrogen-bond donors (Lipinski definition) is 1. The minimum absolute atomic E-state index is 0.431. The molecule has 0 amide bonds. The fourth-order valence-corrected chi connectivity index (χ4v) is 0.626. The molecule has 0 fully saturated rings. The smallest absolute Gasteiger partial charge is 0.114 e. The number of nitrogens with one attached hydrogen (secondary N) is 1. The van der Waals surface area contributed by atoms with Crippen molar-refractivity contribution in [2.75, 3.05) is 0 Å². The Balaban J connectivity index is 2.77. The number of hydrogen-bond acceptors (Lipinski definition) is 3.